The van der Waals surface area contributed by atoms with Gasteiger partial charge in [-0.15, -0.1) is 0 Å². The van der Waals surface area contributed by atoms with Crippen LogP contribution in [-0.4, -0.2) is 32.8 Å². The van der Waals surface area contributed by atoms with Crippen molar-refractivity contribution in [3.63, 3.8) is 0 Å². The lowest BCUT2D eigenvalue weighted by molar-refractivity contribution is -0.111. The number of ether oxygens (including phenoxy) is 1. The maximum atomic E-state index is 12.4. The van der Waals surface area contributed by atoms with Gasteiger partial charge in [-0.3, -0.25) is 4.79 Å². The molecule has 0 aliphatic rings. The minimum Gasteiger partial charge on any atom is -0.497 e. The molecule has 7 heteroatoms. The summed E-state index contributed by atoms with van der Waals surface area (Å²) in [5, 5.41) is 7.29. The number of nitrogens with one attached hydrogen (secondary N) is 2. The fraction of sp³-hybridized carbons (Fsp3) is 0.0952. The first-order valence-corrected chi connectivity index (χ1v) is 8.77. The van der Waals surface area contributed by atoms with Crippen molar-refractivity contribution >= 4 is 28.8 Å². The summed E-state index contributed by atoms with van der Waals surface area (Å²) in [4.78, 5) is 20.2. The first-order chi connectivity index (χ1) is 13.6. The summed E-state index contributed by atoms with van der Waals surface area (Å²) in [5.41, 5.74) is 3.38. The number of benzene rings is 2. The minimum atomic E-state index is -0.264. The maximum Gasteiger partial charge on any atom is 0.249 e. The summed E-state index contributed by atoms with van der Waals surface area (Å²) < 4.78 is 6.78. The van der Waals surface area contributed by atoms with E-state index in [0.29, 0.717) is 11.8 Å². The van der Waals surface area contributed by atoms with Crippen molar-refractivity contribution in [2.75, 3.05) is 12.4 Å². The van der Waals surface area contributed by atoms with Gasteiger partial charge in [-0.05, 0) is 42.8 Å². The van der Waals surface area contributed by atoms with E-state index >= 15 is 0 Å². The van der Waals surface area contributed by atoms with E-state index in [4.69, 9.17) is 4.74 Å². The Morgan fingerprint density at radius 1 is 1.18 bits per heavy atom. The van der Waals surface area contributed by atoms with E-state index in [1.54, 1.807) is 23.9 Å². The summed E-state index contributed by atoms with van der Waals surface area (Å²) in [6.07, 6.45) is 3.20. The van der Waals surface area contributed by atoms with Gasteiger partial charge in [-0.25, -0.2) is 4.98 Å². The summed E-state index contributed by atoms with van der Waals surface area (Å²) in [6, 6.07) is 17.0. The summed E-state index contributed by atoms with van der Waals surface area (Å²) in [6.45, 7) is 1.86. The number of H-pyrrole nitrogens is 1. The summed E-state index contributed by atoms with van der Waals surface area (Å²) >= 11 is 0. The number of aryl methyl sites for hydroxylation is 1. The van der Waals surface area contributed by atoms with Crippen molar-refractivity contribution in [2.24, 2.45) is 0 Å². The third-order valence-corrected chi connectivity index (χ3v) is 4.18. The molecule has 7 nitrogen and oxygen atoms in total. The number of nitrogens with zero attached hydrogens (tertiary/aromatic N) is 3. The van der Waals surface area contributed by atoms with Crippen LogP contribution in [0.5, 0.6) is 5.75 Å². The number of amides is 1. The van der Waals surface area contributed by atoms with Crippen molar-refractivity contribution in [2.45, 2.75) is 6.92 Å². The van der Waals surface area contributed by atoms with E-state index in [1.165, 1.54) is 6.08 Å². The zero-order valence-electron chi connectivity index (χ0n) is 15.5. The Kier molecular flexibility index (Phi) is 4.63. The standard InChI is InChI=1S/C21H19N5O2/c1-14-12-19(24-20(27)11-10-15-6-5-7-16(13-15)28-2)26(25-14)21-22-17-8-3-4-9-18(17)23-21/h3-13H,1-2H3,(H,22,23)(H,24,27). The van der Waals surface area contributed by atoms with E-state index in [9.17, 15) is 4.79 Å². The van der Waals surface area contributed by atoms with Gasteiger partial charge in [0.15, 0.2) is 0 Å². The molecule has 0 fully saturated rings. The topological polar surface area (TPSA) is 84.8 Å². The molecule has 2 aromatic carbocycles. The normalized spacial score (nSPS) is 11.2. The second-order valence-corrected chi connectivity index (χ2v) is 6.26. The molecule has 0 atom stereocenters. The van der Waals surface area contributed by atoms with Gasteiger partial charge in [0.25, 0.3) is 0 Å². The summed E-state index contributed by atoms with van der Waals surface area (Å²) in [7, 11) is 1.61. The van der Waals surface area contributed by atoms with Crippen molar-refractivity contribution in [1.82, 2.24) is 19.7 Å². The van der Waals surface area contributed by atoms with Crippen LogP contribution in [0.1, 0.15) is 11.3 Å². The van der Waals surface area contributed by atoms with E-state index in [0.717, 1.165) is 28.0 Å². The highest BCUT2D eigenvalue weighted by Gasteiger charge is 2.13. The average Bonchev–Trinajstić information content (AvgIpc) is 3.29. The number of hydrogen-bond acceptors (Lipinski definition) is 4. The number of imidazole rings is 1. The lowest BCUT2D eigenvalue weighted by Gasteiger charge is -2.04. The Hall–Kier alpha value is -3.87. The number of aromatic nitrogens is 4. The van der Waals surface area contributed by atoms with Crippen molar-refractivity contribution in [3.8, 4) is 11.7 Å². The molecule has 1 amide bonds. The van der Waals surface area contributed by atoms with Crippen LogP contribution in [0.3, 0.4) is 0 Å². The molecule has 0 bridgehead atoms. The van der Waals surface area contributed by atoms with E-state index in [2.05, 4.69) is 20.4 Å². The fourth-order valence-corrected chi connectivity index (χ4v) is 2.87. The fourth-order valence-electron chi connectivity index (χ4n) is 2.87. The molecule has 28 heavy (non-hydrogen) atoms. The first-order valence-electron chi connectivity index (χ1n) is 8.77. The third kappa shape index (κ3) is 3.64. The van der Waals surface area contributed by atoms with Gasteiger partial charge in [0, 0.05) is 12.1 Å². The summed E-state index contributed by atoms with van der Waals surface area (Å²) in [5.74, 6) is 1.56. The van der Waals surface area contributed by atoms with E-state index in [-0.39, 0.29) is 5.91 Å². The van der Waals surface area contributed by atoms with Crippen LogP contribution >= 0.6 is 0 Å². The van der Waals surface area contributed by atoms with Crippen molar-refractivity contribution < 1.29 is 9.53 Å². The molecule has 4 aromatic rings. The van der Waals surface area contributed by atoms with Crippen LogP contribution in [0.15, 0.2) is 60.7 Å². The predicted octanol–water partition coefficient (Wildman–Crippen LogP) is 3.72. The highest BCUT2D eigenvalue weighted by atomic mass is 16.5. The Balaban J connectivity index is 1.56. The largest absolute Gasteiger partial charge is 0.497 e. The molecular weight excluding hydrogens is 354 g/mol. The number of aromatic amines is 1. The number of fused-ring (bicyclic) bond motifs is 1. The van der Waals surface area contributed by atoms with Gasteiger partial charge in [-0.1, -0.05) is 24.3 Å². The van der Waals surface area contributed by atoms with E-state index in [1.807, 2.05) is 55.5 Å². The van der Waals surface area contributed by atoms with Crippen molar-refractivity contribution in [3.05, 3.63) is 71.9 Å². The number of anilines is 1. The molecule has 0 saturated carbocycles. The average molecular weight is 373 g/mol. The molecular formula is C21H19N5O2. The molecule has 0 saturated heterocycles. The van der Waals surface area contributed by atoms with Crippen LogP contribution in [0, 0.1) is 6.92 Å². The van der Waals surface area contributed by atoms with Gasteiger partial charge >= 0.3 is 0 Å². The molecule has 0 aliphatic carbocycles. The molecule has 2 heterocycles. The monoisotopic (exact) mass is 373 g/mol. The quantitative estimate of drug-likeness (QED) is 0.522. The maximum absolute atomic E-state index is 12.4. The second-order valence-electron chi connectivity index (χ2n) is 6.26. The van der Waals surface area contributed by atoms with E-state index < -0.39 is 0 Å². The van der Waals surface area contributed by atoms with Crippen LogP contribution in [0.4, 0.5) is 5.82 Å². The first kappa shape index (κ1) is 17.5. The highest BCUT2D eigenvalue weighted by Crippen LogP contribution is 2.19. The molecule has 140 valence electrons. The molecule has 4 rings (SSSR count). The van der Waals surface area contributed by atoms with Crippen LogP contribution in [-0.2, 0) is 4.79 Å². The second kappa shape index (κ2) is 7.40. The van der Waals surface area contributed by atoms with Crippen LogP contribution in [0.2, 0.25) is 0 Å². The molecule has 2 aromatic heterocycles. The van der Waals surface area contributed by atoms with Crippen molar-refractivity contribution in [1.29, 1.82) is 0 Å². The number of carbonyl (C=O) groups is 1. The van der Waals surface area contributed by atoms with Crippen LogP contribution < -0.4 is 10.1 Å². The number of hydrogen-bond donors (Lipinski definition) is 2. The van der Waals surface area contributed by atoms with Crippen LogP contribution in [0.25, 0.3) is 23.1 Å². The zero-order valence-corrected chi connectivity index (χ0v) is 15.5. The molecule has 2 N–H and O–H groups in total. The highest BCUT2D eigenvalue weighted by molar-refractivity contribution is 6.01. The molecule has 0 unspecified atom stereocenters. The molecule has 0 radical (unpaired) electrons. The Morgan fingerprint density at radius 3 is 2.86 bits per heavy atom. The third-order valence-electron chi connectivity index (χ3n) is 4.18. The van der Waals surface area contributed by atoms with Gasteiger partial charge in [0.1, 0.15) is 11.6 Å². The van der Waals surface area contributed by atoms with Gasteiger partial charge in [0.2, 0.25) is 11.9 Å². The lowest BCUT2D eigenvalue weighted by atomic mass is 10.2. The predicted molar refractivity (Wildman–Crippen MR) is 109 cm³/mol. The van der Waals surface area contributed by atoms with Gasteiger partial charge < -0.3 is 15.0 Å². The van der Waals surface area contributed by atoms with Gasteiger partial charge in [-0.2, -0.15) is 9.78 Å². The van der Waals surface area contributed by atoms with Gasteiger partial charge in [0.05, 0.1) is 23.8 Å². The Morgan fingerprint density at radius 2 is 2.04 bits per heavy atom. The number of rotatable bonds is 5. The molecule has 0 spiro atoms. The molecule has 0 aliphatic heterocycles. The minimum absolute atomic E-state index is 0.264. The SMILES string of the molecule is COc1cccc(C=CC(=O)Nc2cc(C)nn2-c2nc3ccccc3[nH]2)c1. The Labute approximate surface area is 161 Å². The Bertz CT molecular complexity index is 1140. The zero-order chi connectivity index (χ0) is 19.5. The number of para-hydroxylation sites is 2. The number of carbonyl (C=O) groups excluding carboxylic acids is 1. The smallest absolute Gasteiger partial charge is 0.249 e. The lowest BCUT2D eigenvalue weighted by Crippen LogP contribution is -2.13. The number of methoxy groups -OCH3 is 1.